The van der Waals surface area contributed by atoms with Gasteiger partial charge in [-0.1, -0.05) is 35.3 Å². The molecule has 0 aromatic heterocycles. The number of likely N-dealkylation sites (N-methyl/N-ethyl adjacent to an activating group) is 1. The van der Waals surface area contributed by atoms with Crippen molar-refractivity contribution in [2.75, 3.05) is 119 Å². The molecule has 3 rings (SSSR count). The number of nitrogens with two attached hydrogens (primary N) is 1. The van der Waals surface area contributed by atoms with Crippen LogP contribution in [-0.4, -0.2) is 136 Å². The minimum atomic E-state index is -1.24. The van der Waals surface area contributed by atoms with Crippen LogP contribution in [0.5, 0.6) is 0 Å². The second kappa shape index (κ2) is 25.9. The van der Waals surface area contributed by atoms with Crippen molar-refractivity contribution in [2.24, 2.45) is 11.1 Å². The van der Waals surface area contributed by atoms with Crippen LogP contribution < -0.4 is 21.1 Å². The zero-order chi connectivity index (χ0) is 38.3. The molecule has 0 saturated heterocycles. The molecule has 0 radical (unpaired) electrons. The van der Waals surface area contributed by atoms with Crippen LogP contribution in [0.15, 0.2) is 41.3 Å². The van der Waals surface area contributed by atoms with Crippen molar-refractivity contribution in [3.63, 3.8) is 0 Å². The van der Waals surface area contributed by atoms with Crippen molar-refractivity contribution < 1.29 is 38.0 Å². The van der Waals surface area contributed by atoms with Crippen LogP contribution in [0.4, 0.5) is 0 Å². The smallest absolute Gasteiger partial charge is 0.235 e. The van der Waals surface area contributed by atoms with Crippen molar-refractivity contribution in [1.29, 1.82) is 0 Å². The lowest BCUT2D eigenvalue weighted by atomic mass is 9.85. The molecule has 1 heterocycles. The van der Waals surface area contributed by atoms with Crippen LogP contribution in [0, 0.1) is 5.41 Å². The summed E-state index contributed by atoms with van der Waals surface area (Å²) in [6, 6.07) is 12.4. The van der Waals surface area contributed by atoms with E-state index < -0.39 is 5.41 Å². The van der Waals surface area contributed by atoms with Gasteiger partial charge in [0.25, 0.3) is 0 Å². The van der Waals surface area contributed by atoms with Gasteiger partial charge in [-0.2, -0.15) is 0 Å². The third kappa shape index (κ3) is 17.1. The second-order valence-electron chi connectivity index (χ2n) is 12.9. The molecule has 2 aromatic carbocycles. The molecule has 0 aliphatic carbocycles. The number of hydrogen-bond acceptors (Lipinski definition) is 12. The largest absolute Gasteiger partial charge is 0.378 e. The van der Waals surface area contributed by atoms with E-state index in [1.807, 2.05) is 12.1 Å². The zero-order valence-electron chi connectivity index (χ0n) is 31.2. The van der Waals surface area contributed by atoms with Gasteiger partial charge in [0.2, 0.25) is 11.8 Å². The summed E-state index contributed by atoms with van der Waals surface area (Å²) in [6.07, 6.45) is 0. The van der Waals surface area contributed by atoms with E-state index in [0.717, 1.165) is 28.6 Å². The molecule has 5 N–H and O–H groups in total. The molecule has 53 heavy (non-hydrogen) atoms. The highest BCUT2D eigenvalue weighted by Gasteiger charge is 2.35. The Hall–Kier alpha value is -2.05. The van der Waals surface area contributed by atoms with Crippen molar-refractivity contribution in [3.05, 3.63) is 63.1 Å². The first-order valence-electron chi connectivity index (χ1n) is 18.0. The first-order valence-corrected chi connectivity index (χ1v) is 19.6. The summed E-state index contributed by atoms with van der Waals surface area (Å²) >= 11 is 14.5. The summed E-state index contributed by atoms with van der Waals surface area (Å²) in [5.74, 6) is -0.564. The summed E-state index contributed by atoms with van der Waals surface area (Å²) in [5, 5.41) is 6.87. The van der Waals surface area contributed by atoms with Crippen LogP contribution >= 0.6 is 35.1 Å². The average molecular weight is 803 g/mol. The van der Waals surface area contributed by atoms with Gasteiger partial charge in [0.15, 0.2) is 0 Å². The molecule has 16 heteroatoms. The number of benzene rings is 2. The Bertz CT molecular complexity index is 1380. The van der Waals surface area contributed by atoms with Crippen molar-refractivity contribution in [2.45, 2.75) is 31.2 Å². The summed E-state index contributed by atoms with van der Waals surface area (Å²) in [7, 11) is 2.11. The first kappa shape index (κ1) is 45.3. The second-order valence-corrected chi connectivity index (χ2v) is 14.7. The summed E-state index contributed by atoms with van der Waals surface area (Å²) < 4.78 is 36.2. The number of amides is 2. The van der Waals surface area contributed by atoms with Crippen molar-refractivity contribution in [1.82, 2.24) is 20.3 Å². The van der Waals surface area contributed by atoms with Crippen LogP contribution in [-0.2, 0) is 44.6 Å². The van der Waals surface area contributed by atoms with Crippen LogP contribution in [0.2, 0.25) is 10.0 Å². The quantitative estimate of drug-likeness (QED) is 0.0566. The van der Waals surface area contributed by atoms with Gasteiger partial charge < -0.3 is 49.7 Å². The van der Waals surface area contributed by atoms with E-state index in [4.69, 9.17) is 57.4 Å². The van der Waals surface area contributed by atoms with Gasteiger partial charge in [-0.05, 0) is 73.8 Å². The van der Waals surface area contributed by atoms with Gasteiger partial charge in [-0.25, -0.2) is 0 Å². The molecule has 0 bridgehead atoms. The Labute approximate surface area is 328 Å². The van der Waals surface area contributed by atoms with Gasteiger partial charge >= 0.3 is 0 Å². The van der Waals surface area contributed by atoms with Gasteiger partial charge in [0, 0.05) is 60.1 Å². The van der Waals surface area contributed by atoms with E-state index in [1.165, 1.54) is 11.1 Å². The number of fused-ring (bicyclic) bond motifs is 1. The molecular weight excluding hydrogens is 745 g/mol. The molecule has 1 aliphatic rings. The fraction of sp³-hybridized carbons (Fsp3) is 0.622. The van der Waals surface area contributed by atoms with Gasteiger partial charge in [0.1, 0.15) is 5.41 Å². The minimum absolute atomic E-state index is 0.195. The molecule has 1 unspecified atom stereocenters. The highest BCUT2D eigenvalue weighted by molar-refractivity contribution is 7.97. The molecule has 2 aromatic rings. The summed E-state index contributed by atoms with van der Waals surface area (Å²) in [6.45, 7) is 11.8. The SMILES string of the molecule is CN1Cc2c(Cl)cc(Cl)cc2C(c2cccc(SNCCOCCOCCOCCNC(=O)C(C)(C)C(=O)NCCOCCOCCOCCN)c2)C1. The Morgan fingerprint density at radius 3 is 1.89 bits per heavy atom. The van der Waals surface area contributed by atoms with E-state index in [-0.39, 0.29) is 30.8 Å². The highest BCUT2D eigenvalue weighted by Crippen LogP contribution is 2.39. The van der Waals surface area contributed by atoms with Gasteiger partial charge in [0.05, 0.1) is 79.3 Å². The number of carbonyl (C=O) groups excluding carboxylic acids is 2. The first-order chi connectivity index (χ1) is 25.6. The monoisotopic (exact) mass is 801 g/mol. The van der Waals surface area contributed by atoms with Gasteiger partial charge in [-0.15, -0.1) is 0 Å². The summed E-state index contributed by atoms with van der Waals surface area (Å²) in [5.41, 5.74) is 7.68. The lowest BCUT2D eigenvalue weighted by Crippen LogP contribution is -2.49. The Morgan fingerprint density at radius 2 is 1.32 bits per heavy atom. The molecule has 0 saturated carbocycles. The number of halogens is 2. The third-order valence-corrected chi connectivity index (χ3v) is 9.63. The lowest BCUT2D eigenvalue weighted by molar-refractivity contribution is -0.141. The number of carbonyl (C=O) groups is 2. The average Bonchev–Trinajstić information content (AvgIpc) is 3.13. The fourth-order valence-corrected chi connectivity index (χ4v) is 6.62. The lowest BCUT2D eigenvalue weighted by Gasteiger charge is -2.33. The molecule has 0 spiro atoms. The van der Waals surface area contributed by atoms with Gasteiger partial charge in [-0.3, -0.25) is 14.3 Å². The van der Waals surface area contributed by atoms with E-state index >= 15 is 0 Å². The highest BCUT2D eigenvalue weighted by atomic mass is 35.5. The third-order valence-electron chi connectivity index (χ3n) is 8.24. The maximum atomic E-state index is 12.6. The molecule has 13 nitrogen and oxygen atoms in total. The maximum absolute atomic E-state index is 12.6. The Balaban J connectivity index is 1.15. The topological polar surface area (TPSA) is 155 Å². The molecular formula is C37H57Cl2N5O8S. The number of rotatable bonds is 28. The number of ether oxygens (including phenoxy) is 6. The number of nitrogens with zero attached hydrogens (tertiary/aromatic N) is 1. The predicted octanol–water partition coefficient (Wildman–Crippen LogP) is 3.48. The molecule has 1 aliphatic heterocycles. The molecule has 1 atom stereocenters. The standard InChI is InChI=1S/C37H57Cl2N5O8S/c1-37(2,35(45)41-8-12-48-16-20-51-19-15-47-11-7-40)36(46)42-9-13-49-17-21-52-22-18-50-14-10-43-53-30-6-4-5-28(23-30)32-26-44(3)27-33-31(32)24-29(38)25-34(33)39/h4-6,23-25,32,43H,7-22,26-27,40H2,1-3H3,(H,41,45)(H,42,46). The van der Waals surface area contributed by atoms with Crippen molar-refractivity contribution in [3.8, 4) is 0 Å². The van der Waals surface area contributed by atoms with Crippen LogP contribution in [0.3, 0.4) is 0 Å². The Morgan fingerprint density at radius 1 is 0.792 bits per heavy atom. The van der Waals surface area contributed by atoms with E-state index in [2.05, 4.69) is 51.6 Å². The van der Waals surface area contributed by atoms with Crippen LogP contribution in [0.25, 0.3) is 0 Å². The maximum Gasteiger partial charge on any atom is 0.235 e. The molecule has 0 fully saturated rings. The zero-order valence-corrected chi connectivity index (χ0v) is 33.6. The minimum Gasteiger partial charge on any atom is -0.378 e. The van der Waals surface area contributed by atoms with E-state index in [0.29, 0.717) is 97.4 Å². The van der Waals surface area contributed by atoms with Crippen molar-refractivity contribution >= 4 is 47.0 Å². The molecule has 2 amide bonds. The van der Waals surface area contributed by atoms with Crippen LogP contribution in [0.1, 0.15) is 36.5 Å². The van der Waals surface area contributed by atoms with E-state index in [1.54, 1.807) is 25.8 Å². The normalized spacial score (nSPS) is 14.6. The number of hydrogen-bond donors (Lipinski definition) is 4. The molecule has 298 valence electrons. The Kier molecular flexibility index (Phi) is 22.2. The summed E-state index contributed by atoms with van der Waals surface area (Å²) in [4.78, 5) is 28.5. The predicted molar refractivity (Wildman–Crippen MR) is 209 cm³/mol. The van der Waals surface area contributed by atoms with E-state index in [9.17, 15) is 9.59 Å². The fourth-order valence-electron chi connectivity index (χ4n) is 5.36. The number of nitrogens with one attached hydrogen (secondary N) is 3.